The van der Waals surface area contributed by atoms with Gasteiger partial charge in [0, 0.05) is 12.1 Å². The molecule has 1 fully saturated rings. The number of ether oxygens (including phenoxy) is 1. The van der Waals surface area contributed by atoms with E-state index in [1.54, 1.807) is 37.4 Å². The second kappa shape index (κ2) is 13.8. The molecular formula is C27H43N3O4S. The van der Waals surface area contributed by atoms with Crippen LogP contribution in [0.1, 0.15) is 84.7 Å². The third kappa shape index (κ3) is 9.39. The molecule has 1 aliphatic carbocycles. The van der Waals surface area contributed by atoms with E-state index in [0.29, 0.717) is 12.2 Å². The first-order valence-electron chi connectivity index (χ1n) is 12.7. The lowest BCUT2D eigenvalue weighted by Crippen LogP contribution is -2.56. The minimum atomic E-state index is -0.798. The molecular weight excluding hydrogens is 462 g/mol. The third-order valence-electron chi connectivity index (χ3n) is 6.00. The van der Waals surface area contributed by atoms with Crippen LogP contribution in [0.2, 0.25) is 0 Å². The van der Waals surface area contributed by atoms with Crippen LogP contribution in [-0.4, -0.2) is 58.5 Å². The van der Waals surface area contributed by atoms with Crippen LogP contribution in [-0.2, 0) is 14.3 Å². The van der Waals surface area contributed by atoms with Crippen molar-refractivity contribution in [2.75, 3.05) is 12.0 Å². The van der Waals surface area contributed by atoms with Crippen molar-refractivity contribution in [3.05, 3.63) is 35.9 Å². The van der Waals surface area contributed by atoms with E-state index in [1.165, 1.54) is 6.42 Å². The van der Waals surface area contributed by atoms with E-state index in [9.17, 15) is 14.4 Å². The first kappa shape index (κ1) is 29.0. The van der Waals surface area contributed by atoms with Crippen LogP contribution in [0.4, 0.5) is 4.79 Å². The van der Waals surface area contributed by atoms with Gasteiger partial charge in [-0.05, 0) is 71.5 Å². The van der Waals surface area contributed by atoms with Gasteiger partial charge in [0.15, 0.2) is 0 Å². The Morgan fingerprint density at radius 1 is 1.09 bits per heavy atom. The van der Waals surface area contributed by atoms with Crippen LogP contribution < -0.4 is 10.6 Å². The number of benzene rings is 1. The van der Waals surface area contributed by atoms with E-state index in [-0.39, 0.29) is 23.9 Å². The Morgan fingerprint density at radius 2 is 1.71 bits per heavy atom. The fourth-order valence-electron chi connectivity index (χ4n) is 4.40. The van der Waals surface area contributed by atoms with E-state index in [0.717, 1.165) is 31.2 Å². The Morgan fingerprint density at radius 3 is 2.26 bits per heavy atom. The lowest BCUT2D eigenvalue weighted by atomic mass is 9.94. The van der Waals surface area contributed by atoms with E-state index in [1.807, 2.05) is 50.4 Å². The van der Waals surface area contributed by atoms with E-state index < -0.39 is 23.8 Å². The first-order chi connectivity index (χ1) is 16.5. The summed E-state index contributed by atoms with van der Waals surface area (Å²) in [5.41, 5.74) is 0.0743. The van der Waals surface area contributed by atoms with Crippen molar-refractivity contribution >= 4 is 29.7 Å². The van der Waals surface area contributed by atoms with Crippen molar-refractivity contribution in [1.82, 2.24) is 15.5 Å². The molecule has 1 saturated carbocycles. The maximum absolute atomic E-state index is 14.0. The van der Waals surface area contributed by atoms with Crippen LogP contribution in [0.15, 0.2) is 30.3 Å². The Bertz CT molecular complexity index is 819. The minimum Gasteiger partial charge on any atom is -0.444 e. The number of carbonyl (C=O) groups is 3. The fraction of sp³-hybridized carbons (Fsp3) is 0.667. The molecule has 0 radical (unpaired) electrons. The molecule has 2 N–H and O–H groups in total. The molecule has 0 saturated heterocycles. The Hall–Kier alpha value is -2.22. The van der Waals surface area contributed by atoms with Gasteiger partial charge in [0.2, 0.25) is 11.8 Å². The van der Waals surface area contributed by atoms with E-state index in [2.05, 4.69) is 10.6 Å². The van der Waals surface area contributed by atoms with Crippen LogP contribution >= 0.6 is 11.8 Å². The SMILES string of the molecule is CSCCC(NC(=O)OC(C)(C)C)C(=O)N(C(C)C)C(C(=O)NC1CCCCC1)c1ccccc1. The highest BCUT2D eigenvalue weighted by Gasteiger charge is 2.38. The third-order valence-corrected chi connectivity index (χ3v) is 6.65. The summed E-state index contributed by atoms with van der Waals surface area (Å²) in [6.07, 6.45) is 7.07. The predicted octanol–water partition coefficient (Wildman–Crippen LogP) is 5.06. The van der Waals surface area contributed by atoms with Gasteiger partial charge < -0.3 is 20.3 Å². The van der Waals surface area contributed by atoms with Gasteiger partial charge in [-0.25, -0.2) is 4.79 Å². The summed E-state index contributed by atoms with van der Waals surface area (Å²) in [6.45, 7) is 9.16. The van der Waals surface area contributed by atoms with Crippen LogP contribution in [0.5, 0.6) is 0 Å². The molecule has 8 heteroatoms. The summed E-state index contributed by atoms with van der Waals surface area (Å²) in [4.78, 5) is 41.9. The van der Waals surface area contributed by atoms with Crippen molar-refractivity contribution in [3.8, 4) is 0 Å². The smallest absolute Gasteiger partial charge is 0.408 e. The van der Waals surface area contributed by atoms with Gasteiger partial charge in [-0.15, -0.1) is 0 Å². The summed E-state index contributed by atoms with van der Waals surface area (Å²) < 4.78 is 5.42. The zero-order chi connectivity index (χ0) is 26.0. The van der Waals surface area contributed by atoms with E-state index in [4.69, 9.17) is 4.74 Å². The molecule has 0 heterocycles. The molecule has 0 bridgehead atoms. The lowest BCUT2D eigenvalue weighted by molar-refractivity contribution is -0.145. The van der Waals surface area contributed by atoms with Crippen LogP contribution in [0.25, 0.3) is 0 Å². The van der Waals surface area contributed by atoms with Gasteiger partial charge in [-0.3, -0.25) is 9.59 Å². The Kier molecular flexibility index (Phi) is 11.4. The van der Waals surface area contributed by atoms with Crippen molar-refractivity contribution in [3.63, 3.8) is 0 Å². The number of alkyl carbamates (subject to hydrolysis) is 1. The fourth-order valence-corrected chi connectivity index (χ4v) is 4.87. The van der Waals surface area contributed by atoms with Crippen molar-refractivity contribution in [2.24, 2.45) is 0 Å². The number of nitrogens with one attached hydrogen (secondary N) is 2. The predicted molar refractivity (Wildman–Crippen MR) is 142 cm³/mol. The number of rotatable bonds is 10. The molecule has 35 heavy (non-hydrogen) atoms. The van der Waals surface area contributed by atoms with Gasteiger partial charge in [-0.1, -0.05) is 49.6 Å². The van der Waals surface area contributed by atoms with Gasteiger partial charge in [-0.2, -0.15) is 11.8 Å². The van der Waals surface area contributed by atoms with Crippen LogP contribution in [0.3, 0.4) is 0 Å². The summed E-state index contributed by atoms with van der Waals surface area (Å²) in [7, 11) is 0. The lowest BCUT2D eigenvalue weighted by Gasteiger charge is -2.38. The molecule has 2 atom stereocenters. The molecule has 1 aliphatic rings. The zero-order valence-corrected chi connectivity index (χ0v) is 23.0. The summed E-state index contributed by atoms with van der Waals surface area (Å²) in [5.74, 6) is 0.223. The number of thioether (sulfide) groups is 1. The second-order valence-electron chi connectivity index (χ2n) is 10.5. The average Bonchev–Trinajstić information content (AvgIpc) is 2.79. The van der Waals surface area contributed by atoms with Crippen molar-refractivity contribution < 1.29 is 19.1 Å². The number of nitrogens with zero attached hydrogens (tertiary/aromatic N) is 1. The summed E-state index contributed by atoms with van der Waals surface area (Å²) in [5, 5.41) is 5.99. The molecule has 3 amide bonds. The van der Waals surface area contributed by atoms with Gasteiger partial charge >= 0.3 is 6.09 Å². The molecule has 0 aliphatic heterocycles. The molecule has 1 aromatic rings. The maximum Gasteiger partial charge on any atom is 0.408 e. The molecule has 2 rings (SSSR count). The minimum absolute atomic E-state index is 0.124. The normalized spacial score (nSPS) is 16.3. The topological polar surface area (TPSA) is 87.7 Å². The highest BCUT2D eigenvalue weighted by Crippen LogP contribution is 2.27. The molecule has 0 aromatic heterocycles. The first-order valence-corrected chi connectivity index (χ1v) is 14.1. The molecule has 7 nitrogen and oxygen atoms in total. The van der Waals surface area contributed by atoms with Crippen molar-refractivity contribution in [1.29, 1.82) is 0 Å². The molecule has 2 unspecified atom stereocenters. The van der Waals surface area contributed by atoms with Crippen LogP contribution in [0, 0.1) is 0 Å². The monoisotopic (exact) mass is 505 g/mol. The second-order valence-corrected chi connectivity index (χ2v) is 11.5. The van der Waals surface area contributed by atoms with Gasteiger partial charge in [0.25, 0.3) is 0 Å². The maximum atomic E-state index is 14.0. The Labute approximate surface area is 215 Å². The summed E-state index contributed by atoms with van der Waals surface area (Å²) >= 11 is 1.60. The number of amides is 3. The quantitative estimate of drug-likeness (QED) is 0.464. The Balaban J connectivity index is 2.36. The molecule has 0 spiro atoms. The number of hydrogen-bond donors (Lipinski definition) is 2. The number of carbonyl (C=O) groups excluding carboxylic acids is 3. The number of hydrogen-bond acceptors (Lipinski definition) is 5. The molecule has 1 aromatic carbocycles. The van der Waals surface area contributed by atoms with Crippen molar-refractivity contribution in [2.45, 2.75) is 103 Å². The van der Waals surface area contributed by atoms with E-state index >= 15 is 0 Å². The molecule has 196 valence electrons. The summed E-state index contributed by atoms with van der Waals surface area (Å²) in [6, 6.07) is 7.69. The highest BCUT2D eigenvalue weighted by molar-refractivity contribution is 7.98. The standard InChI is InChI=1S/C27H43N3O4S/c1-19(2)30(25(32)22(17-18-35-6)29-26(33)34-27(3,4)5)23(20-13-9-7-10-14-20)24(31)28-21-15-11-8-12-16-21/h7,9-10,13-14,19,21-23H,8,11-12,15-18H2,1-6H3,(H,28,31)(H,29,33). The van der Waals surface area contributed by atoms with Gasteiger partial charge in [0.1, 0.15) is 17.7 Å². The zero-order valence-electron chi connectivity index (χ0n) is 22.1. The van der Waals surface area contributed by atoms with Gasteiger partial charge in [0.05, 0.1) is 0 Å². The highest BCUT2D eigenvalue weighted by atomic mass is 32.2. The average molecular weight is 506 g/mol. The largest absolute Gasteiger partial charge is 0.444 e.